The van der Waals surface area contributed by atoms with Gasteiger partial charge in [0.05, 0.1) is 0 Å². The first-order valence-electron chi connectivity index (χ1n) is 7.66. The maximum atomic E-state index is 13.2. The highest BCUT2D eigenvalue weighted by atomic mass is 32.1. The molecule has 0 saturated heterocycles. The normalized spacial score (nSPS) is 10.1. The van der Waals surface area contributed by atoms with Gasteiger partial charge in [-0.1, -0.05) is 54.6 Å². The minimum atomic E-state index is -0.471. The van der Waals surface area contributed by atoms with Crippen molar-refractivity contribution in [1.82, 2.24) is 5.32 Å². The Kier molecular flexibility index (Phi) is 5.16. The molecule has 0 aliphatic rings. The molecule has 25 heavy (non-hydrogen) atoms. The molecule has 0 aliphatic carbocycles. The van der Waals surface area contributed by atoms with E-state index in [0.29, 0.717) is 0 Å². The largest absolute Gasteiger partial charge is 0.332 e. The molecule has 3 aromatic carbocycles. The molecule has 0 spiro atoms. The Bertz CT molecular complexity index is 912. The van der Waals surface area contributed by atoms with Gasteiger partial charge >= 0.3 is 0 Å². The van der Waals surface area contributed by atoms with E-state index in [1.165, 1.54) is 18.2 Å². The fraction of sp³-hybridized carbons (Fsp3) is 0. The molecule has 0 atom stereocenters. The molecular formula is C20H15FN2OS. The first kappa shape index (κ1) is 16.8. The van der Waals surface area contributed by atoms with Crippen LogP contribution in [-0.2, 0) is 0 Å². The third kappa shape index (κ3) is 4.28. The number of nitrogens with one attached hydrogen (secondary N) is 2. The van der Waals surface area contributed by atoms with Gasteiger partial charge in [0.1, 0.15) is 5.82 Å². The zero-order chi connectivity index (χ0) is 17.6. The zero-order valence-corrected chi connectivity index (χ0v) is 14.0. The van der Waals surface area contributed by atoms with Gasteiger partial charge in [-0.25, -0.2) is 4.39 Å². The summed E-state index contributed by atoms with van der Waals surface area (Å²) in [6, 6.07) is 23.0. The van der Waals surface area contributed by atoms with Gasteiger partial charge in [0.25, 0.3) is 5.91 Å². The maximum Gasteiger partial charge on any atom is 0.257 e. The summed E-state index contributed by atoms with van der Waals surface area (Å²) in [6.07, 6.45) is 0. The Labute approximate surface area is 150 Å². The van der Waals surface area contributed by atoms with Crippen LogP contribution in [0.15, 0.2) is 78.9 Å². The van der Waals surface area contributed by atoms with Gasteiger partial charge < -0.3 is 5.32 Å². The van der Waals surface area contributed by atoms with Crippen molar-refractivity contribution in [2.45, 2.75) is 0 Å². The summed E-state index contributed by atoms with van der Waals surface area (Å²) in [7, 11) is 0. The Morgan fingerprint density at radius 1 is 0.880 bits per heavy atom. The van der Waals surface area contributed by atoms with Crippen molar-refractivity contribution in [1.29, 1.82) is 0 Å². The summed E-state index contributed by atoms with van der Waals surface area (Å²) in [6.45, 7) is 0. The first-order chi connectivity index (χ1) is 12.1. The molecule has 0 radical (unpaired) electrons. The topological polar surface area (TPSA) is 41.1 Å². The van der Waals surface area contributed by atoms with Crippen LogP contribution in [0, 0.1) is 5.82 Å². The third-order valence-electron chi connectivity index (χ3n) is 3.57. The van der Waals surface area contributed by atoms with Crippen molar-refractivity contribution < 1.29 is 9.18 Å². The van der Waals surface area contributed by atoms with E-state index in [1.54, 1.807) is 0 Å². The van der Waals surface area contributed by atoms with Crippen molar-refractivity contribution in [3.8, 4) is 11.1 Å². The molecule has 0 aromatic heterocycles. The average Bonchev–Trinajstić information content (AvgIpc) is 2.63. The minimum absolute atomic E-state index is 0.151. The molecule has 0 fully saturated rings. The molecule has 3 rings (SSSR count). The molecule has 0 aliphatic heterocycles. The summed E-state index contributed by atoms with van der Waals surface area (Å²) in [5, 5.41) is 5.75. The van der Waals surface area contributed by atoms with Crippen LogP contribution in [0.1, 0.15) is 10.4 Å². The molecule has 3 aromatic rings. The second-order valence-corrected chi connectivity index (χ2v) is 5.74. The number of anilines is 1. The van der Waals surface area contributed by atoms with Gasteiger partial charge in [0.15, 0.2) is 5.11 Å². The SMILES string of the molecule is O=C(NC(=S)Nc1ccccc1-c1ccccc1)c1cccc(F)c1. The summed E-state index contributed by atoms with van der Waals surface area (Å²) < 4.78 is 13.2. The molecule has 1 amide bonds. The quantitative estimate of drug-likeness (QED) is 0.677. The highest BCUT2D eigenvalue weighted by Crippen LogP contribution is 2.27. The molecule has 2 N–H and O–H groups in total. The number of carbonyl (C=O) groups excluding carboxylic acids is 1. The van der Waals surface area contributed by atoms with Crippen molar-refractivity contribution in [3.05, 3.63) is 90.2 Å². The third-order valence-corrected chi connectivity index (χ3v) is 3.78. The lowest BCUT2D eigenvalue weighted by atomic mass is 10.0. The van der Waals surface area contributed by atoms with Crippen LogP contribution in [0.2, 0.25) is 0 Å². The van der Waals surface area contributed by atoms with Gasteiger partial charge in [0.2, 0.25) is 0 Å². The first-order valence-corrected chi connectivity index (χ1v) is 8.06. The van der Waals surface area contributed by atoms with Gasteiger partial charge in [-0.05, 0) is 42.0 Å². The summed E-state index contributed by atoms with van der Waals surface area (Å²) in [5.41, 5.74) is 2.98. The lowest BCUT2D eigenvalue weighted by molar-refractivity contribution is 0.0977. The number of thiocarbonyl (C=S) groups is 1. The zero-order valence-electron chi connectivity index (χ0n) is 13.2. The Hall–Kier alpha value is -3.05. The van der Waals surface area contributed by atoms with E-state index >= 15 is 0 Å². The smallest absolute Gasteiger partial charge is 0.257 e. The predicted molar refractivity (Wildman–Crippen MR) is 102 cm³/mol. The number of para-hydroxylation sites is 1. The van der Waals surface area contributed by atoms with Gasteiger partial charge in [0, 0.05) is 16.8 Å². The standard InChI is InChI=1S/C20H15FN2OS/c21-16-10-6-9-15(13-16)19(24)23-20(25)22-18-12-5-4-11-17(18)14-7-2-1-3-8-14/h1-13H,(H2,22,23,24,25). The van der Waals surface area contributed by atoms with E-state index in [-0.39, 0.29) is 10.7 Å². The van der Waals surface area contributed by atoms with Gasteiger partial charge in [-0.2, -0.15) is 0 Å². The summed E-state index contributed by atoms with van der Waals surface area (Å²) in [5.74, 6) is -0.935. The lowest BCUT2D eigenvalue weighted by Gasteiger charge is -2.13. The molecular weight excluding hydrogens is 335 g/mol. The van der Waals surface area contributed by atoms with Gasteiger partial charge in [-0.15, -0.1) is 0 Å². The molecule has 3 nitrogen and oxygen atoms in total. The lowest BCUT2D eigenvalue weighted by Crippen LogP contribution is -2.34. The van der Waals surface area contributed by atoms with E-state index in [9.17, 15) is 9.18 Å². The van der Waals surface area contributed by atoms with E-state index < -0.39 is 11.7 Å². The number of rotatable bonds is 3. The second-order valence-electron chi connectivity index (χ2n) is 5.33. The second kappa shape index (κ2) is 7.68. The molecule has 0 unspecified atom stereocenters. The van der Waals surface area contributed by atoms with E-state index in [2.05, 4.69) is 10.6 Å². The van der Waals surface area contributed by atoms with Crippen LogP contribution < -0.4 is 10.6 Å². The monoisotopic (exact) mass is 350 g/mol. The number of halogens is 1. The number of benzene rings is 3. The fourth-order valence-corrected chi connectivity index (χ4v) is 2.62. The van der Waals surface area contributed by atoms with Crippen molar-refractivity contribution in [2.24, 2.45) is 0 Å². The van der Waals surface area contributed by atoms with Crippen molar-refractivity contribution in [2.75, 3.05) is 5.32 Å². The number of amides is 1. The van der Waals surface area contributed by atoms with Crippen LogP contribution in [0.25, 0.3) is 11.1 Å². The predicted octanol–water partition coefficient (Wildman–Crippen LogP) is 4.62. The van der Waals surface area contributed by atoms with Crippen molar-refractivity contribution in [3.63, 3.8) is 0 Å². The molecule has 0 saturated carbocycles. The van der Waals surface area contributed by atoms with Crippen LogP contribution in [-0.4, -0.2) is 11.0 Å². The fourth-order valence-electron chi connectivity index (χ4n) is 2.42. The molecule has 0 bridgehead atoms. The Balaban J connectivity index is 1.75. The number of hydrogen-bond donors (Lipinski definition) is 2. The van der Waals surface area contributed by atoms with Crippen LogP contribution in [0.4, 0.5) is 10.1 Å². The molecule has 0 heterocycles. The van der Waals surface area contributed by atoms with E-state index in [0.717, 1.165) is 22.9 Å². The maximum absolute atomic E-state index is 13.2. The minimum Gasteiger partial charge on any atom is -0.332 e. The highest BCUT2D eigenvalue weighted by molar-refractivity contribution is 7.80. The highest BCUT2D eigenvalue weighted by Gasteiger charge is 2.10. The van der Waals surface area contributed by atoms with Crippen molar-refractivity contribution >= 4 is 28.9 Å². The summed E-state index contributed by atoms with van der Waals surface area (Å²) >= 11 is 5.22. The average molecular weight is 350 g/mol. The molecule has 124 valence electrons. The Morgan fingerprint density at radius 3 is 2.36 bits per heavy atom. The Morgan fingerprint density at radius 2 is 1.60 bits per heavy atom. The van der Waals surface area contributed by atoms with Crippen LogP contribution in [0.3, 0.4) is 0 Å². The van der Waals surface area contributed by atoms with Gasteiger partial charge in [-0.3, -0.25) is 10.1 Å². The van der Waals surface area contributed by atoms with E-state index in [1.807, 2.05) is 54.6 Å². The number of hydrogen-bond acceptors (Lipinski definition) is 2. The van der Waals surface area contributed by atoms with E-state index in [4.69, 9.17) is 12.2 Å². The summed E-state index contributed by atoms with van der Waals surface area (Å²) in [4.78, 5) is 12.1. The number of carbonyl (C=O) groups is 1. The molecule has 5 heteroatoms. The van der Waals surface area contributed by atoms with Crippen LogP contribution >= 0.6 is 12.2 Å². The van der Waals surface area contributed by atoms with Crippen LogP contribution in [0.5, 0.6) is 0 Å².